The van der Waals surface area contributed by atoms with Crippen LogP contribution < -0.4 is 0 Å². The lowest BCUT2D eigenvalue weighted by atomic mass is 10.0. The Morgan fingerprint density at radius 1 is 1.19 bits per heavy atom. The third-order valence-corrected chi connectivity index (χ3v) is 3.71. The Bertz CT molecular complexity index is 357. The summed E-state index contributed by atoms with van der Waals surface area (Å²) in [5, 5.41) is 0. The lowest BCUT2D eigenvalue weighted by Gasteiger charge is -2.26. The second-order valence-electron chi connectivity index (χ2n) is 4.29. The third-order valence-electron chi connectivity index (χ3n) is 3.19. The standard InChI is InChI=1S/C14H18BrN/c1-2-16-9-7-13(8-10-16)11-12-3-5-14(15)6-4-12/h3-6,11H,2,7-10H2,1H3. The van der Waals surface area contributed by atoms with E-state index in [4.69, 9.17) is 0 Å². The summed E-state index contributed by atoms with van der Waals surface area (Å²) in [5.74, 6) is 0. The topological polar surface area (TPSA) is 3.24 Å². The molecule has 0 atom stereocenters. The number of piperidine rings is 1. The molecule has 1 heterocycles. The fourth-order valence-electron chi connectivity index (χ4n) is 2.10. The van der Waals surface area contributed by atoms with Crippen molar-refractivity contribution in [3.63, 3.8) is 0 Å². The SMILES string of the molecule is CCN1CCC(=Cc2ccc(Br)cc2)CC1. The van der Waals surface area contributed by atoms with E-state index in [2.05, 4.69) is 58.1 Å². The Hall–Kier alpha value is -0.600. The molecule has 2 rings (SSSR count). The molecule has 0 amide bonds. The van der Waals surface area contributed by atoms with E-state index < -0.39 is 0 Å². The molecule has 1 aliphatic heterocycles. The van der Waals surface area contributed by atoms with Crippen molar-refractivity contribution < 1.29 is 0 Å². The van der Waals surface area contributed by atoms with Gasteiger partial charge in [-0.05, 0) is 37.1 Å². The van der Waals surface area contributed by atoms with Crippen molar-refractivity contribution in [2.45, 2.75) is 19.8 Å². The van der Waals surface area contributed by atoms with Gasteiger partial charge in [0.25, 0.3) is 0 Å². The van der Waals surface area contributed by atoms with Crippen LogP contribution >= 0.6 is 15.9 Å². The van der Waals surface area contributed by atoms with Crippen LogP contribution in [-0.2, 0) is 0 Å². The zero-order valence-corrected chi connectivity index (χ0v) is 11.3. The second kappa shape index (κ2) is 5.65. The van der Waals surface area contributed by atoms with E-state index in [0.29, 0.717) is 0 Å². The van der Waals surface area contributed by atoms with Crippen LogP contribution in [0.25, 0.3) is 6.08 Å². The summed E-state index contributed by atoms with van der Waals surface area (Å²) in [7, 11) is 0. The van der Waals surface area contributed by atoms with E-state index in [1.165, 1.54) is 38.0 Å². The summed E-state index contributed by atoms with van der Waals surface area (Å²) in [6, 6.07) is 8.55. The normalized spacial score (nSPS) is 17.5. The fraction of sp³-hybridized carbons (Fsp3) is 0.429. The molecule has 0 aromatic heterocycles. The average molecular weight is 280 g/mol. The Morgan fingerprint density at radius 2 is 1.81 bits per heavy atom. The molecule has 86 valence electrons. The number of hydrogen-bond donors (Lipinski definition) is 0. The molecule has 0 aliphatic carbocycles. The van der Waals surface area contributed by atoms with Gasteiger partial charge in [0.1, 0.15) is 0 Å². The van der Waals surface area contributed by atoms with Crippen molar-refractivity contribution in [3.8, 4) is 0 Å². The van der Waals surface area contributed by atoms with Gasteiger partial charge in [-0.25, -0.2) is 0 Å². The highest BCUT2D eigenvalue weighted by molar-refractivity contribution is 9.10. The molecule has 0 unspecified atom stereocenters. The van der Waals surface area contributed by atoms with Gasteiger partial charge in [0.05, 0.1) is 0 Å². The molecular weight excluding hydrogens is 262 g/mol. The van der Waals surface area contributed by atoms with E-state index in [1.54, 1.807) is 5.57 Å². The van der Waals surface area contributed by atoms with Crippen LogP contribution in [-0.4, -0.2) is 24.5 Å². The quantitative estimate of drug-likeness (QED) is 0.793. The minimum absolute atomic E-state index is 1.15. The maximum absolute atomic E-state index is 3.46. The largest absolute Gasteiger partial charge is 0.303 e. The monoisotopic (exact) mass is 279 g/mol. The first-order chi connectivity index (χ1) is 7.78. The summed E-state index contributed by atoms with van der Waals surface area (Å²) in [5.41, 5.74) is 2.91. The summed E-state index contributed by atoms with van der Waals surface area (Å²) in [6.07, 6.45) is 4.80. The molecule has 0 N–H and O–H groups in total. The molecule has 1 fully saturated rings. The van der Waals surface area contributed by atoms with Gasteiger partial charge < -0.3 is 4.90 Å². The van der Waals surface area contributed by atoms with E-state index in [-0.39, 0.29) is 0 Å². The van der Waals surface area contributed by atoms with Gasteiger partial charge >= 0.3 is 0 Å². The molecule has 0 bridgehead atoms. The van der Waals surface area contributed by atoms with E-state index >= 15 is 0 Å². The number of halogens is 1. The summed E-state index contributed by atoms with van der Waals surface area (Å²) in [4.78, 5) is 2.51. The fourth-order valence-corrected chi connectivity index (χ4v) is 2.36. The smallest absolute Gasteiger partial charge is 0.0175 e. The highest BCUT2D eigenvalue weighted by atomic mass is 79.9. The van der Waals surface area contributed by atoms with Crippen LogP contribution in [0.2, 0.25) is 0 Å². The lowest BCUT2D eigenvalue weighted by Crippen LogP contribution is -2.30. The van der Waals surface area contributed by atoms with Crippen LogP contribution in [0.5, 0.6) is 0 Å². The minimum Gasteiger partial charge on any atom is -0.303 e. The Kier molecular flexibility index (Phi) is 4.19. The average Bonchev–Trinajstić information content (AvgIpc) is 2.33. The van der Waals surface area contributed by atoms with Gasteiger partial charge in [0.2, 0.25) is 0 Å². The van der Waals surface area contributed by atoms with E-state index in [1.807, 2.05) is 0 Å². The van der Waals surface area contributed by atoms with Gasteiger partial charge in [-0.1, -0.05) is 46.6 Å². The first kappa shape index (κ1) is 11.9. The molecule has 0 spiro atoms. The third kappa shape index (κ3) is 3.19. The van der Waals surface area contributed by atoms with Crippen LogP contribution in [0.1, 0.15) is 25.3 Å². The molecule has 0 saturated carbocycles. The molecular formula is C14H18BrN. The number of rotatable bonds is 2. The highest BCUT2D eigenvalue weighted by Crippen LogP contribution is 2.20. The van der Waals surface area contributed by atoms with Crippen molar-refractivity contribution in [2.75, 3.05) is 19.6 Å². The van der Waals surface area contributed by atoms with Gasteiger partial charge in [-0.2, -0.15) is 0 Å². The van der Waals surface area contributed by atoms with E-state index in [9.17, 15) is 0 Å². The van der Waals surface area contributed by atoms with Crippen molar-refractivity contribution in [2.24, 2.45) is 0 Å². The van der Waals surface area contributed by atoms with Crippen LogP contribution in [0.4, 0.5) is 0 Å². The first-order valence-electron chi connectivity index (χ1n) is 5.95. The van der Waals surface area contributed by atoms with Gasteiger partial charge in [-0.15, -0.1) is 0 Å². The maximum atomic E-state index is 3.46. The number of likely N-dealkylation sites (tertiary alicyclic amines) is 1. The number of nitrogens with zero attached hydrogens (tertiary/aromatic N) is 1. The molecule has 1 saturated heterocycles. The molecule has 1 aliphatic rings. The number of benzene rings is 1. The summed E-state index contributed by atoms with van der Waals surface area (Å²) < 4.78 is 1.15. The van der Waals surface area contributed by atoms with Crippen molar-refractivity contribution in [1.29, 1.82) is 0 Å². The van der Waals surface area contributed by atoms with Crippen LogP contribution in [0.15, 0.2) is 34.3 Å². The van der Waals surface area contributed by atoms with Crippen LogP contribution in [0, 0.1) is 0 Å². The van der Waals surface area contributed by atoms with E-state index in [0.717, 1.165) is 4.47 Å². The Morgan fingerprint density at radius 3 is 2.38 bits per heavy atom. The molecule has 0 radical (unpaired) electrons. The lowest BCUT2D eigenvalue weighted by molar-refractivity contribution is 0.270. The number of hydrogen-bond acceptors (Lipinski definition) is 1. The molecule has 1 aromatic carbocycles. The maximum Gasteiger partial charge on any atom is 0.0175 e. The molecule has 2 heteroatoms. The zero-order chi connectivity index (χ0) is 11.4. The van der Waals surface area contributed by atoms with Crippen LogP contribution in [0.3, 0.4) is 0 Å². The Labute approximate surface area is 106 Å². The van der Waals surface area contributed by atoms with Gasteiger partial charge in [-0.3, -0.25) is 0 Å². The summed E-state index contributed by atoms with van der Waals surface area (Å²) >= 11 is 3.46. The minimum atomic E-state index is 1.15. The summed E-state index contributed by atoms with van der Waals surface area (Å²) in [6.45, 7) is 5.87. The van der Waals surface area contributed by atoms with Crippen molar-refractivity contribution >= 4 is 22.0 Å². The second-order valence-corrected chi connectivity index (χ2v) is 5.20. The molecule has 1 aromatic rings. The van der Waals surface area contributed by atoms with Gasteiger partial charge in [0.15, 0.2) is 0 Å². The highest BCUT2D eigenvalue weighted by Gasteiger charge is 2.11. The predicted octanol–water partition coefficient (Wildman–Crippen LogP) is 3.95. The zero-order valence-electron chi connectivity index (χ0n) is 9.75. The van der Waals surface area contributed by atoms with Crippen molar-refractivity contribution in [1.82, 2.24) is 4.90 Å². The Balaban J connectivity index is 2.00. The first-order valence-corrected chi connectivity index (χ1v) is 6.74. The van der Waals surface area contributed by atoms with Crippen molar-refractivity contribution in [3.05, 3.63) is 39.9 Å². The van der Waals surface area contributed by atoms with Gasteiger partial charge in [0, 0.05) is 17.6 Å². The predicted molar refractivity (Wildman–Crippen MR) is 73.5 cm³/mol. The molecule has 1 nitrogen and oxygen atoms in total. The molecule has 16 heavy (non-hydrogen) atoms.